The molecule has 0 bridgehead atoms. The molecule has 1 saturated carbocycles. The van der Waals surface area contributed by atoms with Crippen LogP contribution in [-0.2, 0) is 9.59 Å². The average molecular weight is 181 g/mol. The van der Waals surface area contributed by atoms with E-state index in [2.05, 4.69) is 19.2 Å². The molecule has 4 unspecified atom stereocenters. The maximum Gasteiger partial charge on any atom is 0.230 e. The van der Waals surface area contributed by atoms with Gasteiger partial charge in [-0.3, -0.25) is 14.9 Å². The predicted molar refractivity (Wildman–Crippen MR) is 47.7 cm³/mol. The summed E-state index contributed by atoms with van der Waals surface area (Å²) >= 11 is 0. The molecule has 0 aromatic carbocycles. The van der Waals surface area contributed by atoms with Crippen LogP contribution in [0.15, 0.2) is 0 Å². The maximum atomic E-state index is 11.4. The number of carbonyl (C=O) groups excluding carboxylic acids is 2. The first kappa shape index (κ1) is 8.73. The van der Waals surface area contributed by atoms with E-state index in [1.165, 1.54) is 0 Å². The largest absolute Gasteiger partial charge is 0.296 e. The summed E-state index contributed by atoms with van der Waals surface area (Å²) in [6, 6.07) is 0. The minimum absolute atomic E-state index is 0.0208. The molecule has 2 amide bonds. The molecular formula is C10H15NO2. The lowest BCUT2D eigenvalue weighted by Crippen LogP contribution is -2.26. The van der Waals surface area contributed by atoms with Crippen molar-refractivity contribution in [2.24, 2.45) is 23.7 Å². The zero-order valence-corrected chi connectivity index (χ0v) is 8.04. The van der Waals surface area contributed by atoms with Crippen molar-refractivity contribution >= 4 is 11.8 Å². The molecule has 1 heterocycles. The van der Waals surface area contributed by atoms with Crippen LogP contribution in [0.5, 0.6) is 0 Å². The van der Waals surface area contributed by atoms with Gasteiger partial charge in [0.25, 0.3) is 0 Å². The third-order valence-corrected chi connectivity index (χ3v) is 3.56. The molecule has 4 atom stereocenters. The SMILES string of the molecule is CCC1CC(C)C2C(=O)NC(=O)C12. The Morgan fingerprint density at radius 1 is 1.31 bits per heavy atom. The molecule has 3 nitrogen and oxygen atoms in total. The summed E-state index contributed by atoms with van der Waals surface area (Å²) in [6.07, 6.45) is 2.04. The van der Waals surface area contributed by atoms with E-state index in [9.17, 15) is 9.59 Å². The van der Waals surface area contributed by atoms with Crippen molar-refractivity contribution in [2.45, 2.75) is 26.7 Å². The zero-order valence-electron chi connectivity index (χ0n) is 8.04. The van der Waals surface area contributed by atoms with Crippen molar-refractivity contribution in [3.8, 4) is 0 Å². The zero-order chi connectivity index (χ0) is 9.59. The van der Waals surface area contributed by atoms with E-state index in [4.69, 9.17) is 0 Å². The quantitative estimate of drug-likeness (QED) is 0.612. The van der Waals surface area contributed by atoms with Gasteiger partial charge in [0.05, 0.1) is 11.8 Å². The molecule has 0 radical (unpaired) electrons. The predicted octanol–water partition coefficient (Wildman–Crippen LogP) is 0.941. The Labute approximate surface area is 77.9 Å². The molecule has 1 aliphatic heterocycles. The van der Waals surface area contributed by atoms with Gasteiger partial charge in [-0.15, -0.1) is 0 Å². The van der Waals surface area contributed by atoms with Crippen molar-refractivity contribution in [3.05, 3.63) is 0 Å². The standard InChI is InChI=1S/C10H15NO2/c1-3-6-4-5(2)7-8(6)10(13)11-9(7)12/h5-8H,3-4H2,1-2H3,(H,11,12,13). The van der Waals surface area contributed by atoms with Crippen LogP contribution in [0.3, 0.4) is 0 Å². The fraction of sp³-hybridized carbons (Fsp3) is 0.800. The maximum absolute atomic E-state index is 11.4. The highest BCUT2D eigenvalue weighted by molar-refractivity contribution is 6.05. The van der Waals surface area contributed by atoms with Gasteiger partial charge in [-0.1, -0.05) is 20.3 Å². The van der Waals surface area contributed by atoms with Gasteiger partial charge >= 0.3 is 0 Å². The number of hydrogen-bond acceptors (Lipinski definition) is 2. The second kappa shape index (κ2) is 2.82. The summed E-state index contributed by atoms with van der Waals surface area (Å²) in [5.74, 6) is 0.669. The second-order valence-electron chi connectivity index (χ2n) is 4.29. The van der Waals surface area contributed by atoms with Crippen molar-refractivity contribution in [1.29, 1.82) is 0 Å². The normalized spacial score (nSPS) is 43.5. The first-order valence-corrected chi connectivity index (χ1v) is 4.99. The van der Waals surface area contributed by atoms with E-state index >= 15 is 0 Å². The van der Waals surface area contributed by atoms with Gasteiger partial charge in [0.15, 0.2) is 0 Å². The number of fused-ring (bicyclic) bond motifs is 1. The van der Waals surface area contributed by atoms with Crippen LogP contribution < -0.4 is 5.32 Å². The number of amides is 2. The fourth-order valence-corrected chi connectivity index (χ4v) is 2.93. The van der Waals surface area contributed by atoms with Crippen LogP contribution >= 0.6 is 0 Å². The number of hydrogen-bond donors (Lipinski definition) is 1. The Kier molecular flexibility index (Phi) is 1.90. The Bertz CT molecular complexity index is 262. The summed E-state index contributed by atoms with van der Waals surface area (Å²) in [5.41, 5.74) is 0. The molecule has 0 aromatic heterocycles. The number of imide groups is 1. The number of rotatable bonds is 1. The molecule has 2 fully saturated rings. The van der Waals surface area contributed by atoms with Gasteiger partial charge in [0.1, 0.15) is 0 Å². The Morgan fingerprint density at radius 3 is 2.54 bits per heavy atom. The molecule has 72 valence electrons. The van der Waals surface area contributed by atoms with Gasteiger partial charge in [-0.2, -0.15) is 0 Å². The first-order chi connectivity index (χ1) is 6.15. The van der Waals surface area contributed by atoms with Gasteiger partial charge in [0, 0.05) is 0 Å². The minimum atomic E-state index is -0.0431. The van der Waals surface area contributed by atoms with Crippen LogP contribution in [0.4, 0.5) is 0 Å². The third kappa shape index (κ3) is 1.10. The van der Waals surface area contributed by atoms with Crippen LogP contribution in [0, 0.1) is 23.7 Å². The highest BCUT2D eigenvalue weighted by Crippen LogP contribution is 2.45. The lowest BCUT2D eigenvalue weighted by Gasteiger charge is -2.11. The highest BCUT2D eigenvalue weighted by atomic mass is 16.2. The van der Waals surface area contributed by atoms with Gasteiger partial charge < -0.3 is 0 Å². The van der Waals surface area contributed by atoms with Crippen LogP contribution in [0.1, 0.15) is 26.7 Å². The van der Waals surface area contributed by atoms with Gasteiger partial charge in [-0.25, -0.2) is 0 Å². The van der Waals surface area contributed by atoms with Crippen LogP contribution in [0.25, 0.3) is 0 Å². The third-order valence-electron chi connectivity index (χ3n) is 3.56. The lowest BCUT2D eigenvalue weighted by atomic mass is 9.89. The second-order valence-corrected chi connectivity index (χ2v) is 4.29. The molecule has 0 aromatic rings. The lowest BCUT2D eigenvalue weighted by molar-refractivity contribution is -0.127. The monoisotopic (exact) mass is 181 g/mol. The highest BCUT2D eigenvalue weighted by Gasteiger charge is 2.52. The molecule has 1 aliphatic carbocycles. The minimum Gasteiger partial charge on any atom is -0.296 e. The van der Waals surface area contributed by atoms with Crippen LogP contribution in [-0.4, -0.2) is 11.8 Å². The summed E-state index contributed by atoms with van der Waals surface area (Å²) in [7, 11) is 0. The Hall–Kier alpha value is -0.860. The molecule has 1 saturated heterocycles. The van der Waals surface area contributed by atoms with Gasteiger partial charge in [-0.05, 0) is 18.3 Å². The van der Waals surface area contributed by atoms with Crippen molar-refractivity contribution < 1.29 is 9.59 Å². The number of nitrogens with one attached hydrogen (secondary N) is 1. The summed E-state index contributed by atoms with van der Waals surface area (Å²) in [5, 5.41) is 2.44. The topological polar surface area (TPSA) is 46.2 Å². The van der Waals surface area contributed by atoms with Crippen molar-refractivity contribution in [1.82, 2.24) is 5.32 Å². The van der Waals surface area contributed by atoms with Crippen molar-refractivity contribution in [3.63, 3.8) is 0 Å². The number of carbonyl (C=O) groups is 2. The molecule has 3 heteroatoms. The van der Waals surface area contributed by atoms with Gasteiger partial charge in [0.2, 0.25) is 11.8 Å². The Balaban J connectivity index is 2.28. The van der Waals surface area contributed by atoms with E-state index in [1.807, 2.05) is 0 Å². The summed E-state index contributed by atoms with van der Waals surface area (Å²) in [4.78, 5) is 22.9. The van der Waals surface area contributed by atoms with E-state index < -0.39 is 0 Å². The molecule has 13 heavy (non-hydrogen) atoms. The molecule has 0 spiro atoms. The molecule has 2 rings (SSSR count). The fourth-order valence-electron chi connectivity index (χ4n) is 2.93. The van der Waals surface area contributed by atoms with Crippen molar-refractivity contribution in [2.75, 3.05) is 0 Å². The van der Waals surface area contributed by atoms with E-state index in [0.717, 1.165) is 12.8 Å². The molecular weight excluding hydrogens is 166 g/mol. The van der Waals surface area contributed by atoms with E-state index in [1.54, 1.807) is 0 Å². The first-order valence-electron chi connectivity index (χ1n) is 4.99. The molecule has 2 aliphatic rings. The summed E-state index contributed by atoms with van der Waals surface area (Å²) in [6.45, 7) is 4.17. The van der Waals surface area contributed by atoms with E-state index in [-0.39, 0.29) is 23.7 Å². The van der Waals surface area contributed by atoms with Crippen LogP contribution in [0.2, 0.25) is 0 Å². The average Bonchev–Trinajstić information content (AvgIpc) is 2.54. The smallest absolute Gasteiger partial charge is 0.230 e. The molecule has 1 N–H and O–H groups in total. The summed E-state index contributed by atoms with van der Waals surface area (Å²) < 4.78 is 0. The Morgan fingerprint density at radius 2 is 1.92 bits per heavy atom. The van der Waals surface area contributed by atoms with E-state index in [0.29, 0.717) is 11.8 Å².